The minimum Gasteiger partial charge on any atom is -0.478 e. The van der Waals surface area contributed by atoms with E-state index in [2.05, 4.69) is 19.9 Å². The Bertz CT molecular complexity index is 2800. The fraction of sp³-hybridized carbons (Fsp3) is 0. The van der Waals surface area contributed by atoms with Crippen molar-refractivity contribution in [3.63, 3.8) is 0 Å². The topological polar surface area (TPSA) is 258 Å². The number of nitrogens with one attached hydrogen (secondary N) is 2. The maximum Gasteiger partial charge on any atom is 0.335 e. The van der Waals surface area contributed by atoms with E-state index in [1.165, 1.54) is 48.5 Å². The van der Waals surface area contributed by atoms with Crippen molar-refractivity contribution < 1.29 is 39.6 Å². The number of H-pyrrole nitrogens is 2. The lowest BCUT2D eigenvalue weighted by atomic mass is 10.0. The summed E-state index contributed by atoms with van der Waals surface area (Å²) in [7, 11) is 0. The number of aromatic nitrogens is 8. The highest BCUT2D eigenvalue weighted by atomic mass is 16.4. The van der Waals surface area contributed by atoms with E-state index in [1.807, 2.05) is 0 Å². The zero-order valence-electron chi connectivity index (χ0n) is 26.0. The van der Waals surface area contributed by atoms with Gasteiger partial charge in [0.15, 0.2) is 23.3 Å². The predicted octanol–water partition coefficient (Wildman–Crippen LogP) is 5.66. The minimum atomic E-state index is -1.18. The number of hydrogen-bond donors (Lipinski definition) is 6. The smallest absolute Gasteiger partial charge is 0.335 e. The van der Waals surface area contributed by atoms with Crippen molar-refractivity contribution in [1.29, 1.82) is 0 Å². The fourth-order valence-electron chi connectivity index (χ4n) is 6.33. The monoisotopic (exact) mass is 690 g/mol. The maximum atomic E-state index is 12.0. The van der Waals surface area contributed by atoms with Gasteiger partial charge < -0.3 is 30.4 Å². The second-order valence-electron chi connectivity index (χ2n) is 11.9. The van der Waals surface area contributed by atoms with Crippen LogP contribution in [0.4, 0.5) is 0 Å². The summed E-state index contributed by atoms with van der Waals surface area (Å²) in [6.07, 6.45) is 0. The highest BCUT2D eigenvalue weighted by molar-refractivity contribution is 6.09. The second kappa shape index (κ2) is 10.8. The van der Waals surface area contributed by atoms with Gasteiger partial charge in [0, 0.05) is 43.8 Å². The number of rotatable bonds is 4. The lowest BCUT2D eigenvalue weighted by Crippen LogP contribution is -1.96. The molecule has 9 rings (SSSR count). The van der Waals surface area contributed by atoms with Crippen LogP contribution in [0.1, 0.15) is 41.4 Å². The molecule has 16 heteroatoms. The average molecular weight is 691 g/mol. The normalized spacial score (nSPS) is 11.7. The Labute approximate surface area is 287 Å². The summed E-state index contributed by atoms with van der Waals surface area (Å²) in [5.41, 5.74) is 2.26. The number of carboxylic acid groups (broad SMARTS) is 4. The van der Waals surface area contributed by atoms with Crippen LogP contribution in [-0.2, 0) is 0 Å². The molecule has 0 fully saturated rings. The van der Waals surface area contributed by atoms with Crippen molar-refractivity contribution >= 4 is 68.0 Å². The third-order valence-electron chi connectivity index (χ3n) is 8.82. The van der Waals surface area contributed by atoms with E-state index >= 15 is 0 Å². The number of carboxylic acids is 4. The Morgan fingerprint density at radius 3 is 1.04 bits per heavy atom. The van der Waals surface area contributed by atoms with Crippen LogP contribution in [0.2, 0.25) is 0 Å². The summed E-state index contributed by atoms with van der Waals surface area (Å²) in [5.74, 6) is -4.26. The SMILES string of the molecule is O=C(O)c1ccc2c(c1)-c1nc-2nc2[nH]c(nc3nc(nc4[nH]c(n1)c1cc(C(=O)O)ccc41)-c1ccc(C(=O)O)cc1-3)c1cc(C(=O)O)ccc21. The van der Waals surface area contributed by atoms with Gasteiger partial charge in [0.1, 0.15) is 22.6 Å². The lowest BCUT2D eigenvalue weighted by molar-refractivity contribution is 0.0686. The molecule has 0 saturated carbocycles. The van der Waals surface area contributed by atoms with Gasteiger partial charge in [-0.15, -0.1) is 0 Å². The molecule has 2 aliphatic heterocycles. The van der Waals surface area contributed by atoms with Gasteiger partial charge in [-0.05, 0) is 72.8 Å². The van der Waals surface area contributed by atoms with Gasteiger partial charge in [-0.2, -0.15) is 0 Å². The van der Waals surface area contributed by atoms with Gasteiger partial charge in [-0.1, -0.05) is 0 Å². The van der Waals surface area contributed by atoms with Gasteiger partial charge in [0.25, 0.3) is 0 Å². The van der Waals surface area contributed by atoms with E-state index in [4.69, 9.17) is 19.9 Å². The van der Waals surface area contributed by atoms with Crippen LogP contribution in [0, 0.1) is 0 Å². The van der Waals surface area contributed by atoms with Crippen LogP contribution in [0.5, 0.6) is 0 Å². The number of carbonyl (C=O) groups is 4. The molecule has 5 heterocycles. The fourth-order valence-corrected chi connectivity index (χ4v) is 6.33. The molecule has 0 atom stereocenters. The van der Waals surface area contributed by atoms with E-state index < -0.39 is 23.9 Å². The molecule has 0 amide bonds. The van der Waals surface area contributed by atoms with Crippen LogP contribution in [0.15, 0.2) is 72.8 Å². The molecule has 8 bridgehead atoms. The van der Waals surface area contributed by atoms with E-state index in [1.54, 1.807) is 24.3 Å². The summed E-state index contributed by atoms with van der Waals surface area (Å²) in [6.45, 7) is 0. The molecule has 0 radical (unpaired) electrons. The largest absolute Gasteiger partial charge is 0.478 e. The summed E-state index contributed by atoms with van der Waals surface area (Å²) in [5, 5.41) is 40.8. The Morgan fingerprint density at radius 1 is 0.365 bits per heavy atom. The van der Waals surface area contributed by atoms with Crippen molar-refractivity contribution in [2.45, 2.75) is 0 Å². The van der Waals surface area contributed by atoms with Gasteiger partial charge in [-0.3, -0.25) is 0 Å². The zero-order valence-corrected chi connectivity index (χ0v) is 26.0. The van der Waals surface area contributed by atoms with Crippen LogP contribution in [0.3, 0.4) is 0 Å². The van der Waals surface area contributed by atoms with E-state index in [-0.39, 0.29) is 68.1 Å². The van der Waals surface area contributed by atoms with Crippen molar-refractivity contribution in [3.8, 4) is 45.6 Å². The van der Waals surface area contributed by atoms with Gasteiger partial charge in [0.2, 0.25) is 0 Å². The predicted molar refractivity (Wildman–Crippen MR) is 184 cm³/mol. The number of fused-ring (bicyclic) bond motifs is 20. The van der Waals surface area contributed by atoms with Crippen LogP contribution < -0.4 is 0 Å². The molecule has 7 aromatic rings. The number of hydrogen-bond acceptors (Lipinski definition) is 10. The summed E-state index contributed by atoms with van der Waals surface area (Å²) in [6, 6.07) is 17.5. The highest BCUT2D eigenvalue weighted by Crippen LogP contribution is 2.38. The highest BCUT2D eigenvalue weighted by Gasteiger charge is 2.25. The Kier molecular flexibility index (Phi) is 6.28. The molecule has 52 heavy (non-hydrogen) atoms. The second-order valence-corrected chi connectivity index (χ2v) is 11.9. The number of benzene rings is 4. The van der Waals surface area contributed by atoms with Crippen LogP contribution in [-0.4, -0.2) is 84.2 Å². The van der Waals surface area contributed by atoms with Crippen molar-refractivity contribution in [1.82, 2.24) is 39.9 Å². The molecular weight excluding hydrogens is 672 g/mol. The van der Waals surface area contributed by atoms with E-state index in [9.17, 15) is 39.6 Å². The first-order valence-corrected chi connectivity index (χ1v) is 15.3. The molecule has 0 aliphatic carbocycles. The third kappa shape index (κ3) is 4.62. The minimum absolute atomic E-state index is 0.0241. The first kappa shape index (κ1) is 30.2. The quantitative estimate of drug-likeness (QED) is 0.130. The van der Waals surface area contributed by atoms with E-state index in [0.717, 1.165) is 0 Å². The molecular formula is C36H18N8O8. The zero-order chi connectivity index (χ0) is 36.0. The van der Waals surface area contributed by atoms with Gasteiger partial charge >= 0.3 is 23.9 Å². The van der Waals surface area contributed by atoms with Crippen molar-refractivity contribution in [2.24, 2.45) is 0 Å². The summed E-state index contributed by atoms with van der Waals surface area (Å²) >= 11 is 0. The molecule has 16 nitrogen and oxygen atoms in total. The summed E-state index contributed by atoms with van der Waals surface area (Å²) < 4.78 is 0. The van der Waals surface area contributed by atoms with Crippen molar-refractivity contribution in [2.75, 3.05) is 0 Å². The molecule has 2 aliphatic rings. The van der Waals surface area contributed by atoms with Gasteiger partial charge in [0.05, 0.1) is 22.3 Å². The first-order chi connectivity index (χ1) is 25.0. The Hall–Kier alpha value is -7.88. The molecule has 0 unspecified atom stereocenters. The number of aromatic amines is 2. The molecule has 4 aromatic carbocycles. The standard InChI is InChI=1S/C36H18N8O8/c45-33(46)13-1-5-17-21(9-13)29-39-25(17)37-26-18-6-2-14(34(47)48)10-22(18)31(40-26)44-32-24-12-16(36(51)52)4-8-20(24)28(42-32)38-27-19-7-3-15(35(49)50)11-23(19)30(41-27)43-29/h1-12H,(H,45,46)(H,47,48)(H,49,50)(H,51,52)(H2,37,38,39,40,41,42,43,44). The number of aromatic carboxylic acids is 4. The van der Waals surface area contributed by atoms with Crippen LogP contribution in [0.25, 0.3) is 89.7 Å². The Morgan fingerprint density at radius 2 is 0.673 bits per heavy atom. The van der Waals surface area contributed by atoms with Crippen molar-refractivity contribution in [3.05, 3.63) is 95.1 Å². The molecule has 3 aromatic heterocycles. The number of nitrogens with zero attached hydrogens (tertiary/aromatic N) is 6. The van der Waals surface area contributed by atoms with Crippen LogP contribution >= 0.6 is 0 Å². The van der Waals surface area contributed by atoms with Gasteiger partial charge in [-0.25, -0.2) is 49.1 Å². The average Bonchev–Trinajstić information content (AvgIpc) is 3.85. The molecule has 0 saturated heterocycles. The third-order valence-corrected chi connectivity index (χ3v) is 8.82. The molecule has 6 N–H and O–H groups in total. The summed E-state index contributed by atoms with van der Waals surface area (Å²) in [4.78, 5) is 82.7. The lowest BCUT2D eigenvalue weighted by Gasteiger charge is -2.00. The molecule has 250 valence electrons. The van der Waals surface area contributed by atoms with E-state index in [0.29, 0.717) is 43.8 Å². The first-order valence-electron chi connectivity index (χ1n) is 15.3. The molecule has 0 spiro atoms. The maximum absolute atomic E-state index is 12.0. The Balaban J connectivity index is 1.48.